The summed E-state index contributed by atoms with van der Waals surface area (Å²) >= 11 is 0. The van der Waals surface area contributed by atoms with Crippen LogP contribution < -0.4 is 9.47 Å². The minimum Gasteiger partial charge on any atom is -0.492 e. The van der Waals surface area contributed by atoms with E-state index in [2.05, 4.69) is 30.7 Å². The molecule has 2 aromatic heterocycles. The highest BCUT2D eigenvalue weighted by Crippen LogP contribution is 2.24. The largest absolute Gasteiger partial charge is 0.492 e. The maximum absolute atomic E-state index is 13.8. The molecular formula is C34H42N8O4. The first kappa shape index (κ1) is 31.3. The summed E-state index contributed by atoms with van der Waals surface area (Å²) in [5.74, 6) is 2.67. The molecule has 12 heteroatoms. The van der Waals surface area contributed by atoms with E-state index in [1.54, 1.807) is 12.7 Å². The van der Waals surface area contributed by atoms with Gasteiger partial charge in [-0.2, -0.15) is 0 Å². The van der Waals surface area contributed by atoms with Crippen LogP contribution in [0.5, 0.6) is 11.5 Å². The number of carbonyl (C=O) groups is 2. The van der Waals surface area contributed by atoms with Gasteiger partial charge in [-0.05, 0) is 37.5 Å². The summed E-state index contributed by atoms with van der Waals surface area (Å²) in [5, 5.41) is 7.67. The normalized spacial score (nSPS) is 16.7. The summed E-state index contributed by atoms with van der Waals surface area (Å²) in [6, 6.07) is 16.0. The topological polar surface area (TPSA) is 111 Å². The highest BCUT2D eigenvalue weighted by Gasteiger charge is 2.22. The number of aryl methyl sites for hydroxylation is 2. The molecule has 2 bridgehead atoms. The van der Waals surface area contributed by atoms with E-state index in [1.807, 2.05) is 69.2 Å². The molecule has 0 N–H and O–H groups in total. The van der Waals surface area contributed by atoms with Crippen LogP contribution in [-0.2, 0) is 29.2 Å². The van der Waals surface area contributed by atoms with Crippen LogP contribution in [0.1, 0.15) is 31.2 Å². The zero-order valence-electron chi connectivity index (χ0n) is 26.2. The van der Waals surface area contributed by atoms with Crippen LogP contribution in [0.4, 0.5) is 0 Å². The zero-order valence-corrected chi connectivity index (χ0v) is 26.2. The van der Waals surface area contributed by atoms with E-state index in [1.165, 1.54) is 0 Å². The summed E-state index contributed by atoms with van der Waals surface area (Å²) in [7, 11) is 0. The van der Waals surface area contributed by atoms with Crippen molar-refractivity contribution in [2.75, 3.05) is 52.5 Å². The van der Waals surface area contributed by atoms with Crippen molar-refractivity contribution in [1.29, 1.82) is 0 Å². The van der Waals surface area contributed by atoms with Crippen molar-refractivity contribution in [3.8, 4) is 22.9 Å². The summed E-state index contributed by atoms with van der Waals surface area (Å²) < 4.78 is 16.0. The summed E-state index contributed by atoms with van der Waals surface area (Å²) in [6.07, 6.45) is 9.77. The van der Waals surface area contributed by atoms with Crippen LogP contribution >= 0.6 is 0 Å². The van der Waals surface area contributed by atoms with Crippen molar-refractivity contribution in [3.05, 3.63) is 79.1 Å². The molecule has 0 saturated carbocycles. The Balaban J connectivity index is 1.15. The van der Waals surface area contributed by atoms with Gasteiger partial charge < -0.3 is 28.4 Å². The predicted molar refractivity (Wildman–Crippen MR) is 172 cm³/mol. The van der Waals surface area contributed by atoms with E-state index >= 15 is 0 Å². The Hall–Kier alpha value is -4.71. The lowest BCUT2D eigenvalue weighted by atomic mass is 10.2. The SMILES string of the molecule is O=C(CCn1cnnc1)N1CCCCN(C(=O)CN2CCOc3ccccc3C2)CCCn2ccnc2-c2cccc(c2)OCC1. The minimum atomic E-state index is 0.0580. The summed E-state index contributed by atoms with van der Waals surface area (Å²) in [5.41, 5.74) is 2.07. The number of nitrogens with zero attached hydrogens (tertiary/aromatic N) is 8. The number of amides is 2. The highest BCUT2D eigenvalue weighted by molar-refractivity contribution is 5.78. The Labute approximate surface area is 269 Å². The Bertz CT molecular complexity index is 1570. The fraction of sp³-hybridized carbons (Fsp3) is 0.441. The van der Waals surface area contributed by atoms with Gasteiger partial charge in [0.05, 0.1) is 13.1 Å². The van der Waals surface area contributed by atoms with Crippen LogP contribution in [0, 0.1) is 0 Å². The van der Waals surface area contributed by atoms with Gasteiger partial charge in [0.15, 0.2) is 0 Å². The molecule has 0 saturated heterocycles. The van der Waals surface area contributed by atoms with Crippen molar-refractivity contribution in [2.24, 2.45) is 0 Å². The molecule has 0 spiro atoms. The van der Waals surface area contributed by atoms with Crippen LogP contribution in [-0.4, -0.2) is 103 Å². The third-order valence-electron chi connectivity index (χ3n) is 8.52. The molecule has 0 fully saturated rings. The van der Waals surface area contributed by atoms with Gasteiger partial charge >= 0.3 is 0 Å². The van der Waals surface area contributed by atoms with Gasteiger partial charge in [0.2, 0.25) is 11.8 Å². The van der Waals surface area contributed by atoms with E-state index in [0.29, 0.717) is 72.0 Å². The molecule has 2 amide bonds. The molecule has 0 aliphatic carbocycles. The number of ether oxygens (including phenoxy) is 2. The molecule has 242 valence electrons. The number of hydrogen-bond acceptors (Lipinski definition) is 8. The van der Waals surface area contributed by atoms with Gasteiger partial charge in [0.25, 0.3) is 0 Å². The van der Waals surface area contributed by atoms with Crippen LogP contribution in [0.15, 0.2) is 73.6 Å². The molecule has 2 aromatic carbocycles. The highest BCUT2D eigenvalue weighted by atomic mass is 16.5. The second-order valence-corrected chi connectivity index (χ2v) is 11.8. The van der Waals surface area contributed by atoms with Gasteiger partial charge in [-0.25, -0.2) is 4.98 Å². The third kappa shape index (κ3) is 8.30. The average Bonchev–Trinajstić information content (AvgIpc) is 3.72. The van der Waals surface area contributed by atoms with E-state index in [0.717, 1.165) is 54.3 Å². The van der Waals surface area contributed by atoms with Crippen molar-refractivity contribution >= 4 is 11.8 Å². The summed E-state index contributed by atoms with van der Waals surface area (Å²) in [4.78, 5) is 37.8. The van der Waals surface area contributed by atoms with E-state index in [9.17, 15) is 9.59 Å². The molecule has 0 radical (unpaired) electrons. The second kappa shape index (κ2) is 15.5. The van der Waals surface area contributed by atoms with E-state index in [4.69, 9.17) is 9.47 Å². The standard InChI is InChI=1S/C34H42N8O4/c43-32(11-17-39-26-36-37-27-39)41-14-4-3-13-40(33(44)25-38-19-21-46-31-10-2-1-7-29(31)24-38)15-6-16-42-18-12-35-34(42)28-8-5-9-30(23-28)45-22-20-41/h1-2,5,7-10,12,18,23,26-27H,3-4,6,11,13-17,19-22,24-25H2. The van der Waals surface area contributed by atoms with Crippen molar-refractivity contribution < 1.29 is 19.1 Å². The lowest BCUT2D eigenvalue weighted by Gasteiger charge is -2.27. The number of benzene rings is 2. The van der Waals surface area contributed by atoms with Crippen molar-refractivity contribution in [2.45, 2.75) is 45.3 Å². The Morgan fingerprint density at radius 3 is 2.43 bits per heavy atom. The first-order chi connectivity index (χ1) is 22.6. The fourth-order valence-corrected chi connectivity index (χ4v) is 6.03. The molecule has 12 nitrogen and oxygen atoms in total. The number of aromatic nitrogens is 5. The first-order valence-electron chi connectivity index (χ1n) is 16.2. The molecule has 4 aromatic rings. The molecule has 0 atom stereocenters. The lowest BCUT2D eigenvalue weighted by molar-refractivity contribution is -0.133. The Morgan fingerprint density at radius 1 is 0.783 bits per heavy atom. The average molecular weight is 627 g/mol. The predicted octanol–water partition coefficient (Wildman–Crippen LogP) is 3.35. The first-order valence-corrected chi connectivity index (χ1v) is 16.2. The lowest BCUT2D eigenvalue weighted by Crippen LogP contribution is -2.42. The van der Waals surface area contributed by atoms with Gasteiger partial charge in [-0.15, -0.1) is 10.2 Å². The Morgan fingerprint density at radius 2 is 1.57 bits per heavy atom. The monoisotopic (exact) mass is 626 g/mol. The number of fused-ring (bicyclic) bond motifs is 5. The second-order valence-electron chi connectivity index (χ2n) is 11.8. The molecule has 2 aliphatic rings. The number of imidazole rings is 1. The van der Waals surface area contributed by atoms with Gasteiger partial charge in [-0.3, -0.25) is 14.5 Å². The van der Waals surface area contributed by atoms with Crippen LogP contribution in [0.25, 0.3) is 11.4 Å². The van der Waals surface area contributed by atoms with Crippen molar-refractivity contribution in [1.82, 2.24) is 39.0 Å². The molecule has 6 rings (SSSR count). The smallest absolute Gasteiger partial charge is 0.236 e. The quantitative estimate of drug-likeness (QED) is 0.332. The fourth-order valence-electron chi connectivity index (χ4n) is 6.03. The molecule has 46 heavy (non-hydrogen) atoms. The van der Waals surface area contributed by atoms with Crippen molar-refractivity contribution in [3.63, 3.8) is 0 Å². The zero-order chi connectivity index (χ0) is 31.6. The van der Waals surface area contributed by atoms with Gasteiger partial charge in [0.1, 0.15) is 43.2 Å². The number of hydrogen-bond donors (Lipinski definition) is 0. The maximum atomic E-state index is 13.8. The Kier molecular flexibility index (Phi) is 10.6. The maximum Gasteiger partial charge on any atom is 0.236 e. The van der Waals surface area contributed by atoms with Crippen LogP contribution in [0.3, 0.4) is 0 Å². The molecule has 4 heterocycles. The number of para-hydroxylation sites is 1. The van der Waals surface area contributed by atoms with E-state index in [-0.39, 0.29) is 11.8 Å². The van der Waals surface area contributed by atoms with Gasteiger partial charge in [0, 0.05) is 75.8 Å². The van der Waals surface area contributed by atoms with Gasteiger partial charge in [-0.1, -0.05) is 30.3 Å². The van der Waals surface area contributed by atoms with E-state index < -0.39 is 0 Å². The summed E-state index contributed by atoms with van der Waals surface area (Å²) in [6.45, 7) is 6.26. The number of rotatable bonds is 5. The minimum absolute atomic E-state index is 0.0580. The van der Waals surface area contributed by atoms with Crippen LogP contribution in [0.2, 0.25) is 0 Å². The molecule has 0 unspecified atom stereocenters. The third-order valence-corrected chi connectivity index (χ3v) is 8.52. The number of carbonyl (C=O) groups excluding carboxylic acids is 2. The molecule has 2 aliphatic heterocycles. The molecular weight excluding hydrogens is 584 g/mol.